The van der Waals surface area contributed by atoms with Gasteiger partial charge in [0.15, 0.2) is 0 Å². The van der Waals surface area contributed by atoms with Crippen molar-refractivity contribution in [1.82, 2.24) is 4.90 Å². The zero-order valence-electron chi connectivity index (χ0n) is 11.5. The Morgan fingerprint density at radius 3 is 2.79 bits per heavy atom. The van der Waals surface area contributed by atoms with Gasteiger partial charge in [0, 0.05) is 28.5 Å². The Morgan fingerprint density at radius 1 is 1.32 bits per heavy atom. The van der Waals surface area contributed by atoms with Gasteiger partial charge >= 0.3 is 0 Å². The van der Waals surface area contributed by atoms with Crippen LogP contribution >= 0.6 is 23.4 Å². The third-order valence-corrected chi connectivity index (χ3v) is 6.17. The van der Waals surface area contributed by atoms with Gasteiger partial charge < -0.3 is 4.90 Å². The Hall–Kier alpha value is -0.180. The SMILES string of the molecule is CC(Cl)C1CCN(CC2CSc3ccccc32)CC1. The molecule has 1 saturated heterocycles. The van der Waals surface area contributed by atoms with Crippen molar-refractivity contribution in [1.29, 1.82) is 0 Å². The van der Waals surface area contributed by atoms with Crippen LogP contribution in [-0.4, -0.2) is 35.7 Å². The molecule has 2 unspecified atom stereocenters. The van der Waals surface area contributed by atoms with E-state index in [-0.39, 0.29) is 0 Å². The van der Waals surface area contributed by atoms with Crippen molar-refractivity contribution >= 4 is 23.4 Å². The van der Waals surface area contributed by atoms with Crippen molar-refractivity contribution in [2.75, 3.05) is 25.4 Å². The lowest BCUT2D eigenvalue weighted by Gasteiger charge is -2.34. The van der Waals surface area contributed by atoms with Gasteiger partial charge in [0.2, 0.25) is 0 Å². The summed E-state index contributed by atoms with van der Waals surface area (Å²) in [6.07, 6.45) is 2.54. The number of hydrogen-bond donors (Lipinski definition) is 0. The summed E-state index contributed by atoms with van der Waals surface area (Å²) in [7, 11) is 0. The number of rotatable bonds is 3. The van der Waals surface area contributed by atoms with Gasteiger partial charge in [-0.2, -0.15) is 0 Å². The lowest BCUT2D eigenvalue weighted by molar-refractivity contribution is 0.177. The molecule has 0 N–H and O–H groups in total. The molecule has 0 aromatic heterocycles. The Labute approximate surface area is 125 Å². The first-order valence-electron chi connectivity index (χ1n) is 7.32. The molecular formula is C16H22ClNS. The van der Waals surface area contributed by atoms with Crippen molar-refractivity contribution < 1.29 is 0 Å². The topological polar surface area (TPSA) is 3.24 Å². The Morgan fingerprint density at radius 2 is 2.05 bits per heavy atom. The fraction of sp³-hybridized carbons (Fsp3) is 0.625. The van der Waals surface area contributed by atoms with E-state index < -0.39 is 0 Å². The smallest absolute Gasteiger partial charge is 0.0337 e. The van der Waals surface area contributed by atoms with Crippen molar-refractivity contribution in [3.05, 3.63) is 29.8 Å². The highest BCUT2D eigenvalue weighted by Crippen LogP contribution is 2.40. The van der Waals surface area contributed by atoms with E-state index >= 15 is 0 Å². The summed E-state index contributed by atoms with van der Waals surface area (Å²) in [6.45, 7) is 5.83. The van der Waals surface area contributed by atoms with Gasteiger partial charge in [-0.25, -0.2) is 0 Å². The summed E-state index contributed by atoms with van der Waals surface area (Å²) in [5, 5.41) is 0.338. The van der Waals surface area contributed by atoms with Crippen LogP contribution in [0.15, 0.2) is 29.2 Å². The third kappa shape index (κ3) is 3.12. The second-order valence-corrected chi connectivity index (χ2v) is 7.61. The summed E-state index contributed by atoms with van der Waals surface area (Å²) < 4.78 is 0. The second kappa shape index (κ2) is 6.07. The average Bonchev–Trinajstić information content (AvgIpc) is 2.83. The molecule has 1 nitrogen and oxygen atoms in total. The van der Waals surface area contributed by atoms with Crippen molar-refractivity contribution in [3.63, 3.8) is 0 Å². The molecule has 0 spiro atoms. The molecule has 0 aliphatic carbocycles. The van der Waals surface area contributed by atoms with Gasteiger partial charge in [0.05, 0.1) is 0 Å². The Kier molecular flexibility index (Phi) is 4.40. The van der Waals surface area contributed by atoms with Crippen LogP contribution < -0.4 is 0 Å². The second-order valence-electron chi connectivity index (χ2n) is 5.86. The Bertz CT molecular complexity index is 427. The maximum absolute atomic E-state index is 6.22. The molecule has 2 aliphatic heterocycles. The molecule has 1 fully saturated rings. The first kappa shape index (κ1) is 13.8. The average molecular weight is 296 g/mol. The quantitative estimate of drug-likeness (QED) is 0.768. The molecule has 0 radical (unpaired) electrons. The van der Waals surface area contributed by atoms with Crippen LogP contribution in [0.1, 0.15) is 31.2 Å². The Balaban J connectivity index is 1.57. The highest BCUT2D eigenvalue weighted by Gasteiger charge is 2.28. The molecule has 2 heterocycles. The number of thioether (sulfide) groups is 1. The maximum atomic E-state index is 6.22. The summed E-state index contributed by atoms with van der Waals surface area (Å²) >= 11 is 8.24. The highest BCUT2D eigenvalue weighted by molar-refractivity contribution is 7.99. The first-order chi connectivity index (χ1) is 9.24. The molecule has 104 valence electrons. The van der Waals surface area contributed by atoms with Gasteiger partial charge in [-0.1, -0.05) is 18.2 Å². The molecule has 2 aliphatic rings. The number of alkyl halides is 1. The fourth-order valence-electron chi connectivity index (χ4n) is 3.29. The minimum absolute atomic E-state index is 0.338. The number of halogens is 1. The molecule has 19 heavy (non-hydrogen) atoms. The molecule has 0 saturated carbocycles. The third-order valence-electron chi connectivity index (χ3n) is 4.56. The van der Waals surface area contributed by atoms with Crippen molar-refractivity contribution in [2.45, 2.75) is 36.0 Å². The number of piperidine rings is 1. The molecule has 1 aromatic carbocycles. The summed E-state index contributed by atoms with van der Waals surface area (Å²) in [5.41, 5.74) is 1.57. The van der Waals surface area contributed by atoms with Gasteiger partial charge in [-0.05, 0) is 50.4 Å². The van der Waals surface area contributed by atoms with Gasteiger partial charge in [-0.3, -0.25) is 0 Å². The molecule has 0 bridgehead atoms. The summed E-state index contributed by atoms with van der Waals surface area (Å²) in [5.74, 6) is 2.71. The van der Waals surface area contributed by atoms with Crippen molar-refractivity contribution in [2.24, 2.45) is 5.92 Å². The van der Waals surface area contributed by atoms with E-state index in [1.807, 2.05) is 11.8 Å². The van der Waals surface area contributed by atoms with E-state index in [4.69, 9.17) is 11.6 Å². The standard InChI is InChI=1S/C16H22ClNS/c1-12(17)13-6-8-18(9-7-13)10-14-11-19-16-5-3-2-4-15(14)16/h2-5,12-14H,6-11H2,1H3. The zero-order valence-corrected chi connectivity index (χ0v) is 13.1. The van der Waals surface area contributed by atoms with Crippen LogP contribution in [0.4, 0.5) is 0 Å². The summed E-state index contributed by atoms with van der Waals surface area (Å²) in [6, 6.07) is 8.91. The maximum Gasteiger partial charge on any atom is 0.0337 e. The van der Waals surface area contributed by atoms with Crippen LogP contribution in [0.3, 0.4) is 0 Å². The van der Waals surface area contributed by atoms with E-state index in [0.717, 1.165) is 11.8 Å². The number of hydrogen-bond acceptors (Lipinski definition) is 2. The van der Waals surface area contributed by atoms with Gasteiger partial charge in [-0.15, -0.1) is 23.4 Å². The van der Waals surface area contributed by atoms with Crippen LogP contribution in [0, 0.1) is 5.92 Å². The highest BCUT2D eigenvalue weighted by atomic mass is 35.5. The number of likely N-dealkylation sites (tertiary alicyclic amines) is 1. The fourth-order valence-corrected chi connectivity index (χ4v) is 4.78. The van der Waals surface area contributed by atoms with Crippen LogP contribution in [0.25, 0.3) is 0 Å². The van der Waals surface area contributed by atoms with E-state index in [9.17, 15) is 0 Å². The lowest BCUT2D eigenvalue weighted by atomic mass is 9.92. The number of nitrogens with zero attached hydrogens (tertiary/aromatic N) is 1. The van der Waals surface area contributed by atoms with Gasteiger partial charge in [0.1, 0.15) is 0 Å². The minimum atomic E-state index is 0.338. The van der Waals surface area contributed by atoms with E-state index in [1.165, 1.54) is 43.1 Å². The minimum Gasteiger partial charge on any atom is -0.303 e. The van der Waals surface area contributed by atoms with E-state index in [2.05, 4.69) is 36.1 Å². The molecule has 3 heteroatoms. The van der Waals surface area contributed by atoms with E-state index in [1.54, 1.807) is 5.56 Å². The van der Waals surface area contributed by atoms with Gasteiger partial charge in [0.25, 0.3) is 0 Å². The predicted molar refractivity (Wildman–Crippen MR) is 84.4 cm³/mol. The first-order valence-corrected chi connectivity index (χ1v) is 8.74. The molecule has 2 atom stereocenters. The summed E-state index contributed by atoms with van der Waals surface area (Å²) in [4.78, 5) is 4.14. The number of benzene rings is 1. The molecule has 3 rings (SSSR count). The monoisotopic (exact) mass is 295 g/mol. The zero-order chi connectivity index (χ0) is 13.2. The lowest BCUT2D eigenvalue weighted by Crippen LogP contribution is -2.38. The molecule has 1 aromatic rings. The van der Waals surface area contributed by atoms with Crippen molar-refractivity contribution in [3.8, 4) is 0 Å². The predicted octanol–water partition coefficient (Wildman–Crippen LogP) is 4.22. The molecular weight excluding hydrogens is 274 g/mol. The largest absolute Gasteiger partial charge is 0.303 e. The van der Waals surface area contributed by atoms with Crippen LogP contribution in [0.2, 0.25) is 0 Å². The normalized spacial score (nSPS) is 26.3. The van der Waals surface area contributed by atoms with E-state index in [0.29, 0.717) is 5.38 Å². The molecule has 0 amide bonds. The van der Waals surface area contributed by atoms with Crippen LogP contribution in [-0.2, 0) is 0 Å². The van der Waals surface area contributed by atoms with Crippen LogP contribution in [0.5, 0.6) is 0 Å². The number of fused-ring (bicyclic) bond motifs is 1.